The minimum Gasteiger partial charge on any atom is -0.497 e. The van der Waals surface area contributed by atoms with Gasteiger partial charge in [-0.2, -0.15) is 0 Å². The molecular weight excluding hydrogens is 456 g/mol. The summed E-state index contributed by atoms with van der Waals surface area (Å²) in [6, 6.07) is 13.5. The molecule has 0 saturated carbocycles. The van der Waals surface area contributed by atoms with E-state index in [1.807, 2.05) is 42.5 Å². The Balaban J connectivity index is 1.62. The summed E-state index contributed by atoms with van der Waals surface area (Å²) in [4.78, 5) is 17.7. The van der Waals surface area contributed by atoms with Crippen LogP contribution in [0.5, 0.6) is 17.2 Å². The zero-order chi connectivity index (χ0) is 25.5. The van der Waals surface area contributed by atoms with Gasteiger partial charge in [-0.3, -0.25) is 9.69 Å². The molecule has 0 spiro atoms. The number of aliphatic carboxylic acids is 1. The van der Waals surface area contributed by atoms with Crippen LogP contribution in [-0.4, -0.2) is 67.5 Å². The first-order valence-corrected chi connectivity index (χ1v) is 13.3. The van der Waals surface area contributed by atoms with Gasteiger partial charge in [0.15, 0.2) is 11.5 Å². The number of ether oxygens (including phenoxy) is 3. The highest BCUT2D eigenvalue weighted by molar-refractivity contribution is 5.74. The van der Waals surface area contributed by atoms with E-state index in [0.29, 0.717) is 12.3 Å². The van der Waals surface area contributed by atoms with Gasteiger partial charge in [-0.25, -0.2) is 0 Å². The Labute approximate surface area is 214 Å². The minimum absolute atomic E-state index is 0.149. The van der Waals surface area contributed by atoms with Gasteiger partial charge in [0, 0.05) is 31.6 Å². The van der Waals surface area contributed by atoms with Crippen molar-refractivity contribution in [2.45, 2.75) is 51.5 Å². The molecule has 2 aromatic rings. The molecule has 196 valence electrons. The number of carbonyl (C=O) groups is 1. The van der Waals surface area contributed by atoms with Crippen molar-refractivity contribution >= 4 is 5.97 Å². The molecule has 2 aliphatic heterocycles. The number of fused-ring (bicyclic) bond motifs is 1. The summed E-state index contributed by atoms with van der Waals surface area (Å²) >= 11 is 0. The van der Waals surface area contributed by atoms with Crippen LogP contribution in [0.4, 0.5) is 0 Å². The number of rotatable bonds is 13. The van der Waals surface area contributed by atoms with Crippen molar-refractivity contribution in [3.05, 3.63) is 53.6 Å². The molecule has 2 aliphatic rings. The standard InChI is InChI=1S/C29H40N2O5/c1-4-6-14-30(15-7-5-2)16-17-31-19-24(22-10-13-25-26(18-22)36-20-35-25)27(29(32)33)28(31)21-8-11-23(34-3)12-9-21/h8-13,18,24,27-28H,4-7,14-17,19-20H2,1-3H3,(H,32,33)/t24-,27+,28-/m1/s1. The summed E-state index contributed by atoms with van der Waals surface area (Å²) in [7, 11) is 1.65. The lowest BCUT2D eigenvalue weighted by Crippen LogP contribution is -2.37. The lowest BCUT2D eigenvalue weighted by Gasteiger charge is -2.30. The number of benzene rings is 2. The zero-order valence-corrected chi connectivity index (χ0v) is 21.8. The van der Waals surface area contributed by atoms with Crippen LogP contribution in [0.2, 0.25) is 0 Å². The Hall–Kier alpha value is -2.77. The number of carboxylic acids is 1. The zero-order valence-electron chi connectivity index (χ0n) is 21.8. The van der Waals surface area contributed by atoms with E-state index in [0.717, 1.165) is 48.8 Å². The molecule has 2 aromatic carbocycles. The SMILES string of the molecule is CCCCN(CCCC)CCN1C[C@H](c2ccc3c(c2)OCO3)[C@H](C(=O)O)[C@H]1c1ccc(OC)cc1. The fourth-order valence-corrected chi connectivity index (χ4v) is 5.51. The molecule has 4 rings (SSSR count). The quantitative estimate of drug-likeness (QED) is 0.410. The molecule has 1 saturated heterocycles. The molecule has 0 bridgehead atoms. The van der Waals surface area contributed by atoms with Crippen LogP contribution in [0.25, 0.3) is 0 Å². The van der Waals surface area contributed by atoms with Gasteiger partial charge in [0.25, 0.3) is 0 Å². The summed E-state index contributed by atoms with van der Waals surface area (Å²) in [6.45, 7) is 9.29. The van der Waals surface area contributed by atoms with E-state index >= 15 is 0 Å². The largest absolute Gasteiger partial charge is 0.497 e. The van der Waals surface area contributed by atoms with Gasteiger partial charge in [-0.05, 0) is 61.3 Å². The van der Waals surface area contributed by atoms with Crippen molar-refractivity contribution in [3.63, 3.8) is 0 Å². The highest BCUT2D eigenvalue weighted by Crippen LogP contribution is 2.47. The molecule has 0 unspecified atom stereocenters. The molecule has 1 N–H and O–H groups in total. The first-order valence-electron chi connectivity index (χ1n) is 13.3. The van der Waals surface area contributed by atoms with Crippen LogP contribution in [0.1, 0.15) is 62.6 Å². The summed E-state index contributed by atoms with van der Waals surface area (Å²) in [5.74, 6) is 0.695. The molecule has 0 aliphatic carbocycles. The molecule has 0 aromatic heterocycles. The van der Waals surface area contributed by atoms with E-state index in [-0.39, 0.29) is 18.8 Å². The van der Waals surface area contributed by atoms with E-state index in [2.05, 4.69) is 23.6 Å². The predicted octanol–water partition coefficient (Wildman–Crippen LogP) is 5.17. The van der Waals surface area contributed by atoms with Crippen LogP contribution in [0.15, 0.2) is 42.5 Å². The third-order valence-electron chi connectivity index (χ3n) is 7.52. The van der Waals surface area contributed by atoms with E-state index in [9.17, 15) is 9.90 Å². The molecule has 1 fully saturated rings. The monoisotopic (exact) mass is 496 g/mol. The molecule has 3 atom stereocenters. The third-order valence-corrected chi connectivity index (χ3v) is 7.52. The lowest BCUT2D eigenvalue weighted by molar-refractivity contribution is -0.143. The first kappa shape index (κ1) is 26.3. The number of unbranched alkanes of at least 4 members (excludes halogenated alkanes) is 2. The van der Waals surface area contributed by atoms with Crippen molar-refractivity contribution in [1.82, 2.24) is 9.80 Å². The highest BCUT2D eigenvalue weighted by Gasteiger charge is 2.47. The van der Waals surface area contributed by atoms with Crippen molar-refractivity contribution in [3.8, 4) is 17.2 Å². The average molecular weight is 497 g/mol. The maximum atomic E-state index is 12.8. The maximum absolute atomic E-state index is 12.8. The number of hydrogen-bond acceptors (Lipinski definition) is 6. The minimum atomic E-state index is -0.769. The first-order chi connectivity index (χ1) is 17.5. The Morgan fingerprint density at radius 1 is 1.00 bits per heavy atom. The Morgan fingerprint density at radius 2 is 1.67 bits per heavy atom. The average Bonchev–Trinajstić information content (AvgIpc) is 3.52. The van der Waals surface area contributed by atoms with Gasteiger partial charge in [-0.1, -0.05) is 44.9 Å². The van der Waals surface area contributed by atoms with Crippen molar-refractivity contribution in [1.29, 1.82) is 0 Å². The maximum Gasteiger partial charge on any atom is 0.309 e. The van der Waals surface area contributed by atoms with Crippen LogP contribution >= 0.6 is 0 Å². The van der Waals surface area contributed by atoms with E-state index in [4.69, 9.17) is 14.2 Å². The molecule has 0 amide bonds. The topological polar surface area (TPSA) is 71.5 Å². The van der Waals surface area contributed by atoms with Crippen LogP contribution < -0.4 is 14.2 Å². The molecule has 7 nitrogen and oxygen atoms in total. The van der Waals surface area contributed by atoms with Crippen LogP contribution in [0, 0.1) is 5.92 Å². The summed E-state index contributed by atoms with van der Waals surface area (Å²) < 4.78 is 16.5. The summed E-state index contributed by atoms with van der Waals surface area (Å²) in [5.41, 5.74) is 2.00. The summed E-state index contributed by atoms with van der Waals surface area (Å²) in [6.07, 6.45) is 4.72. The highest BCUT2D eigenvalue weighted by atomic mass is 16.7. The van der Waals surface area contributed by atoms with Crippen molar-refractivity contribution in [2.75, 3.05) is 46.6 Å². The molecule has 2 heterocycles. The van der Waals surface area contributed by atoms with Gasteiger partial charge in [0.1, 0.15) is 5.75 Å². The predicted molar refractivity (Wildman–Crippen MR) is 140 cm³/mol. The summed E-state index contributed by atoms with van der Waals surface area (Å²) in [5, 5.41) is 10.5. The lowest BCUT2D eigenvalue weighted by atomic mass is 9.82. The van der Waals surface area contributed by atoms with Gasteiger partial charge in [0.2, 0.25) is 6.79 Å². The number of nitrogens with zero attached hydrogens (tertiary/aromatic N) is 2. The van der Waals surface area contributed by atoms with Gasteiger partial charge < -0.3 is 24.2 Å². The number of hydrogen-bond donors (Lipinski definition) is 1. The molecule has 0 radical (unpaired) electrons. The van der Waals surface area contributed by atoms with Gasteiger partial charge >= 0.3 is 5.97 Å². The van der Waals surface area contributed by atoms with E-state index < -0.39 is 11.9 Å². The number of likely N-dealkylation sites (tertiary alicyclic amines) is 1. The van der Waals surface area contributed by atoms with Crippen LogP contribution in [-0.2, 0) is 4.79 Å². The molecule has 7 heteroatoms. The Morgan fingerprint density at radius 3 is 2.31 bits per heavy atom. The second-order valence-electron chi connectivity index (χ2n) is 9.84. The Kier molecular flexibility index (Phi) is 9.10. The number of methoxy groups -OCH3 is 1. The second-order valence-corrected chi connectivity index (χ2v) is 9.84. The second kappa shape index (κ2) is 12.5. The molecular formula is C29H40N2O5. The van der Waals surface area contributed by atoms with E-state index in [1.165, 1.54) is 25.7 Å². The number of carboxylic acid groups (broad SMARTS) is 1. The fourth-order valence-electron chi connectivity index (χ4n) is 5.51. The molecule has 36 heavy (non-hydrogen) atoms. The fraction of sp³-hybridized carbons (Fsp3) is 0.552. The van der Waals surface area contributed by atoms with E-state index in [1.54, 1.807) is 7.11 Å². The Bertz CT molecular complexity index is 988. The van der Waals surface area contributed by atoms with Crippen molar-refractivity contribution < 1.29 is 24.1 Å². The van der Waals surface area contributed by atoms with Gasteiger partial charge in [0.05, 0.1) is 13.0 Å². The normalized spacial score (nSPS) is 21.3. The smallest absolute Gasteiger partial charge is 0.309 e. The third kappa shape index (κ3) is 5.95. The van der Waals surface area contributed by atoms with Gasteiger partial charge in [-0.15, -0.1) is 0 Å². The van der Waals surface area contributed by atoms with Crippen molar-refractivity contribution in [2.24, 2.45) is 5.92 Å². The van der Waals surface area contributed by atoms with Crippen LogP contribution in [0.3, 0.4) is 0 Å².